The van der Waals surface area contributed by atoms with Crippen LogP contribution in [0.5, 0.6) is 0 Å². The highest BCUT2D eigenvalue weighted by atomic mass is 16.3. The summed E-state index contributed by atoms with van der Waals surface area (Å²) in [5.41, 5.74) is 0. The highest BCUT2D eigenvalue weighted by Gasteiger charge is 2.12. The molecule has 0 fully saturated rings. The van der Waals surface area contributed by atoms with Crippen LogP contribution in [0, 0.1) is 11.8 Å². The molecule has 0 rings (SSSR count). The van der Waals surface area contributed by atoms with E-state index in [0.29, 0.717) is 5.92 Å². The summed E-state index contributed by atoms with van der Waals surface area (Å²) >= 11 is 0. The Morgan fingerprint density at radius 2 is 1.71 bits per heavy atom. The van der Waals surface area contributed by atoms with Gasteiger partial charge in [-0.05, 0) is 31.1 Å². The molecule has 0 aromatic rings. The minimum Gasteiger partial charge on any atom is -0.394 e. The van der Waals surface area contributed by atoms with Gasteiger partial charge in [-0.15, -0.1) is 0 Å². The molecular weight excluding hydrogens is 176 g/mol. The van der Waals surface area contributed by atoms with Crippen LogP contribution in [0.25, 0.3) is 0 Å². The molecule has 2 nitrogen and oxygen atoms in total. The summed E-state index contributed by atoms with van der Waals surface area (Å²) in [6.45, 7) is 6.61. The van der Waals surface area contributed by atoms with E-state index in [9.17, 15) is 5.11 Å². The first kappa shape index (κ1) is 13.9. The van der Waals surface area contributed by atoms with E-state index in [1.807, 2.05) is 0 Å². The predicted octanol–water partition coefficient (Wildman–Crippen LogP) is 2.58. The Labute approximate surface area is 88.3 Å². The van der Waals surface area contributed by atoms with Crippen LogP contribution in [0.1, 0.15) is 52.9 Å². The molecule has 0 bridgehead atoms. The predicted molar refractivity (Wildman–Crippen MR) is 60.2 cm³/mol. The maximum absolute atomic E-state index is 9.24. The van der Waals surface area contributed by atoms with E-state index in [4.69, 9.17) is 5.11 Å². The molecule has 0 aliphatic rings. The van der Waals surface area contributed by atoms with Crippen LogP contribution in [0.4, 0.5) is 0 Å². The molecule has 0 heterocycles. The number of rotatable bonds is 8. The lowest BCUT2D eigenvalue weighted by Crippen LogP contribution is -2.14. The van der Waals surface area contributed by atoms with Gasteiger partial charge in [-0.3, -0.25) is 0 Å². The van der Waals surface area contributed by atoms with E-state index in [2.05, 4.69) is 20.8 Å². The molecule has 14 heavy (non-hydrogen) atoms. The summed E-state index contributed by atoms with van der Waals surface area (Å²) in [7, 11) is 0. The first-order chi connectivity index (χ1) is 6.63. The third-order valence-corrected chi connectivity index (χ3v) is 3.13. The molecule has 2 heteroatoms. The number of aliphatic hydroxyl groups is 2. The van der Waals surface area contributed by atoms with E-state index in [0.717, 1.165) is 18.8 Å². The van der Waals surface area contributed by atoms with E-state index < -0.39 is 6.10 Å². The summed E-state index contributed by atoms with van der Waals surface area (Å²) in [4.78, 5) is 0. The van der Waals surface area contributed by atoms with Crippen molar-refractivity contribution in [3.8, 4) is 0 Å². The van der Waals surface area contributed by atoms with Gasteiger partial charge < -0.3 is 10.2 Å². The van der Waals surface area contributed by atoms with Crippen molar-refractivity contribution in [1.29, 1.82) is 0 Å². The van der Waals surface area contributed by atoms with E-state index in [1.54, 1.807) is 0 Å². The van der Waals surface area contributed by atoms with Gasteiger partial charge in [0, 0.05) is 0 Å². The molecule has 2 N–H and O–H groups in total. The maximum Gasteiger partial charge on any atom is 0.0771 e. The quantitative estimate of drug-likeness (QED) is 0.635. The van der Waals surface area contributed by atoms with E-state index in [1.165, 1.54) is 19.3 Å². The fraction of sp³-hybridized carbons (Fsp3) is 1.00. The number of hydrogen-bond acceptors (Lipinski definition) is 2. The van der Waals surface area contributed by atoms with Crippen molar-refractivity contribution < 1.29 is 10.2 Å². The average Bonchev–Trinajstić information content (AvgIpc) is 2.22. The minimum absolute atomic E-state index is 0.0975. The summed E-state index contributed by atoms with van der Waals surface area (Å²) in [5, 5.41) is 17.9. The fourth-order valence-electron chi connectivity index (χ4n) is 1.74. The van der Waals surface area contributed by atoms with Crippen LogP contribution in [0.3, 0.4) is 0 Å². The van der Waals surface area contributed by atoms with Gasteiger partial charge >= 0.3 is 0 Å². The fourth-order valence-corrected chi connectivity index (χ4v) is 1.74. The Kier molecular flexibility index (Phi) is 8.20. The van der Waals surface area contributed by atoms with Gasteiger partial charge in [0.2, 0.25) is 0 Å². The summed E-state index contributed by atoms with van der Waals surface area (Å²) in [5.74, 6) is 1.50. The largest absolute Gasteiger partial charge is 0.394 e. The lowest BCUT2D eigenvalue weighted by atomic mass is 9.88. The van der Waals surface area contributed by atoms with Gasteiger partial charge in [-0.25, -0.2) is 0 Å². The van der Waals surface area contributed by atoms with Gasteiger partial charge in [0.1, 0.15) is 0 Å². The van der Waals surface area contributed by atoms with E-state index in [-0.39, 0.29) is 6.61 Å². The van der Waals surface area contributed by atoms with Crippen LogP contribution in [0.15, 0.2) is 0 Å². The minimum atomic E-state index is -0.513. The summed E-state index contributed by atoms with van der Waals surface area (Å²) < 4.78 is 0. The maximum atomic E-state index is 9.24. The van der Waals surface area contributed by atoms with Crippen molar-refractivity contribution in [3.63, 3.8) is 0 Å². The van der Waals surface area contributed by atoms with Gasteiger partial charge in [0.15, 0.2) is 0 Å². The van der Waals surface area contributed by atoms with Crippen molar-refractivity contribution >= 4 is 0 Å². The first-order valence-electron chi connectivity index (χ1n) is 5.92. The Morgan fingerprint density at radius 3 is 2.14 bits per heavy atom. The van der Waals surface area contributed by atoms with Gasteiger partial charge in [-0.1, -0.05) is 33.6 Å². The van der Waals surface area contributed by atoms with Crippen LogP contribution in [0.2, 0.25) is 0 Å². The van der Waals surface area contributed by atoms with Crippen molar-refractivity contribution in [2.75, 3.05) is 6.61 Å². The van der Waals surface area contributed by atoms with Crippen molar-refractivity contribution in [2.45, 2.75) is 59.0 Å². The Balaban J connectivity index is 3.68. The summed E-state index contributed by atoms with van der Waals surface area (Å²) in [6, 6.07) is 0. The molecule has 0 aromatic heterocycles. The highest BCUT2D eigenvalue weighted by Crippen LogP contribution is 2.22. The second-order valence-electron chi connectivity index (χ2n) is 4.44. The molecular formula is C12H26O2. The summed E-state index contributed by atoms with van der Waals surface area (Å²) in [6.07, 6.45) is 4.95. The van der Waals surface area contributed by atoms with Crippen molar-refractivity contribution in [2.24, 2.45) is 11.8 Å². The highest BCUT2D eigenvalue weighted by molar-refractivity contribution is 4.64. The SMILES string of the molecule is CCC(C)CC(CC)CCC(O)CO. The molecule has 86 valence electrons. The molecule has 0 aliphatic heterocycles. The second-order valence-corrected chi connectivity index (χ2v) is 4.44. The number of aliphatic hydroxyl groups excluding tert-OH is 2. The molecule has 0 aromatic carbocycles. The Hall–Kier alpha value is -0.0800. The molecule has 3 unspecified atom stereocenters. The molecule has 0 radical (unpaired) electrons. The van der Waals surface area contributed by atoms with Crippen LogP contribution in [-0.2, 0) is 0 Å². The van der Waals surface area contributed by atoms with Gasteiger partial charge in [0.25, 0.3) is 0 Å². The molecule has 0 saturated carbocycles. The lowest BCUT2D eigenvalue weighted by molar-refractivity contribution is 0.0810. The zero-order valence-corrected chi connectivity index (χ0v) is 9.87. The zero-order valence-electron chi connectivity index (χ0n) is 9.87. The molecule has 0 aliphatic carbocycles. The smallest absolute Gasteiger partial charge is 0.0771 e. The molecule has 0 amide bonds. The van der Waals surface area contributed by atoms with Crippen molar-refractivity contribution in [3.05, 3.63) is 0 Å². The normalized spacial score (nSPS) is 17.8. The van der Waals surface area contributed by atoms with Crippen LogP contribution >= 0.6 is 0 Å². The zero-order chi connectivity index (χ0) is 11.0. The molecule has 0 spiro atoms. The number of hydrogen-bond donors (Lipinski definition) is 2. The van der Waals surface area contributed by atoms with Gasteiger partial charge in [0.05, 0.1) is 12.7 Å². The molecule has 0 saturated heterocycles. The van der Waals surface area contributed by atoms with E-state index >= 15 is 0 Å². The molecule has 3 atom stereocenters. The van der Waals surface area contributed by atoms with Gasteiger partial charge in [-0.2, -0.15) is 0 Å². The monoisotopic (exact) mass is 202 g/mol. The first-order valence-corrected chi connectivity index (χ1v) is 5.92. The van der Waals surface area contributed by atoms with Crippen molar-refractivity contribution in [1.82, 2.24) is 0 Å². The van der Waals surface area contributed by atoms with Crippen LogP contribution < -0.4 is 0 Å². The third-order valence-electron chi connectivity index (χ3n) is 3.13. The Bertz CT molecular complexity index is 125. The topological polar surface area (TPSA) is 40.5 Å². The Morgan fingerprint density at radius 1 is 1.07 bits per heavy atom. The average molecular weight is 202 g/mol. The third kappa shape index (κ3) is 6.39. The van der Waals surface area contributed by atoms with Crippen LogP contribution in [-0.4, -0.2) is 22.9 Å². The lowest BCUT2D eigenvalue weighted by Gasteiger charge is -2.19. The second kappa shape index (κ2) is 8.25. The standard InChI is InChI=1S/C12H26O2/c1-4-10(3)8-11(5-2)6-7-12(14)9-13/h10-14H,4-9H2,1-3H3.